The van der Waals surface area contributed by atoms with E-state index in [4.69, 9.17) is 4.74 Å². The molecule has 1 N–H and O–H groups in total. The number of nitrogens with zero attached hydrogens (tertiary/aromatic N) is 2. The van der Waals surface area contributed by atoms with Crippen molar-refractivity contribution in [2.75, 3.05) is 23.3 Å². The van der Waals surface area contributed by atoms with Gasteiger partial charge >= 0.3 is 0 Å². The van der Waals surface area contributed by atoms with Crippen LogP contribution in [0.5, 0.6) is 5.75 Å². The molecule has 3 aromatic rings. The Hall–Kier alpha value is -3.31. The molecule has 0 heterocycles. The zero-order chi connectivity index (χ0) is 25.4. The Labute approximate surface area is 221 Å². The van der Waals surface area contributed by atoms with E-state index in [-0.39, 0.29) is 5.57 Å². The summed E-state index contributed by atoms with van der Waals surface area (Å²) in [5, 5.41) is 12.6. The molecule has 1 amide bonds. The minimum Gasteiger partial charge on any atom is -0.488 e. The van der Waals surface area contributed by atoms with Gasteiger partial charge in [-0.25, -0.2) is 0 Å². The van der Waals surface area contributed by atoms with Gasteiger partial charge in [-0.3, -0.25) is 4.79 Å². The smallest absolute Gasteiger partial charge is 0.266 e. The summed E-state index contributed by atoms with van der Waals surface area (Å²) in [6.07, 6.45) is 1.59. The summed E-state index contributed by atoms with van der Waals surface area (Å²) in [6, 6.07) is 21.8. The zero-order valence-electron chi connectivity index (χ0n) is 20.6. The Kier molecular flexibility index (Phi) is 9.32. The third-order valence-corrected chi connectivity index (χ3v) is 6.45. The lowest BCUT2D eigenvalue weighted by Crippen LogP contribution is -2.21. The first-order valence-electron chi connectivity index (χ1n) is 11.6. The summed E-state index contributed by atoms with van der Waals surface area (Å²) in [6.45, 7) is 10.3. The highest BCUT2D eigenvalue weighted by atomic mass is 127. The number of ether oxygens (including phenoxy) is 1. The number of nitriles is 1. The summed E-state index contributed by atoms with van der Waals surface area (Å²) >= 11 is 2.27. The van der Waals surface area contributed by atoms with Crippen molar-refractivity contribution in [2.45, 2.75) is 34.3 Å². The van der Waals surface area contributed by atoms with E-state index >= 15 is 0 Å². The van der Waals surface area contributed by atoms with E-state index in [2.05, 4.69) is 52.7 Å². The summed E-state index contributed by atoms with van der Waals surface area (Å²) in [5.41, 5.74) is 5.51. The fraction of sp³-hybridized carbons (Fsp3) is 0.241. The van der Waals surface area contributed by atoms with Crippen LogP contribution in [-0.4, -0.2) is 19.0 Å². The lowest BCUT2D eigenvalue weighted by atomic mass is 10.1. The minimum absolute atomic E-state index is 0.0136. The minimum atomic E-state index is -0.448. The Morgan fingerprint density at radius 1 is 1.06 bits per heavy atom. The highest BCUT2D eigenvalue weighted by Crippen LogP contribution is 2.29. The molecule has 6 heteroatoms. The number of carbonyl (C=O) groups excluding carboxylic acids is 1. The highest BCUT2D eigenvalue weighted by molar-refractivity contribution is 14.1. The van der Waals surface area contributed by atoms with E-state index in [0.717, 1.165) is 39.0 Å². The molecule has 3 rings (SSSR count). The van der Waals surface area contributed by atoms with Gasteiger partial charge in [-0.15, -0.1) is 0 Å². The normalized spacial score (nSPS) is 11.0. The Morgan fingerprint density at radius 2 is 1.77 bits per heavy atom. The van der Waals surface area contributed by atoms with Crippen molar-refractivity contribution in [2.24, 2.45) is 0 Å². The van der Waals surface area contributed by atoms with Gasteiger partial charge in [0.25, 0.3) is 5.91 Å². The van der Waals surface area contributed by atoms with Crippen molar-refractivity contribution in [1.82, 2.24) is 0 Å². The third kappa shape index (κ3) is 7.09. The summed E-state index contributed by atoms with van der Waals surface area (Å²) in [4.78, 5) is 15.1. The van der Waals surface area contributed by atoms with Gasteiger partial charge in [-0.05, 0) is 97.8 Å². The van der Waals surface area contributed by atoms with Crippen LogP contribution in [0.2, 0.25) is 0 Å². The molecule has 0 aliphatic rings. The summed E-state index contributed by atoms with van der Waals surface area (Å²) in [7, 11) is 0. The molecule has 5 nitrogen and oxygen atoms in total. The average Bonchev–Trinajstić information content (AvgIpc) is 2.85. The quantitative estimate of drug-likeness (QED) is 0.171. The molecule has 180 valence electrons. The van der Waals surface area contributed by atoms with Crippen LogP contribution in [-0.2, 0) is 11.4 Å². The van der Waals surface area contributed by atoms with Gasteiger partial charge in [-0.1, -0.05) is 29.8 Å². The second-order valence-electron chi connectivity index (χ2n) is 8.25. The molecule has 0 fully saturated rings. The van der Waals surface area contributed by atoms with E-state index < -0.39 is 5.91 Å². The fourth-order valence-electron chi connectivity index (χ4n) is 3.74. The Morgan fingerprint density at radius 3 is 2.40 bits per heavy atom. The van der Waals surface area contributed by atoms with Crippen LogP contribution in [0.4, 0.5) is 11.4 Å². The number of rotatable bonds is 9. The van der Waals surface area contributed by atoms with Crippen molar-refractivity contribution in [1.29, 1.82) is 5.26 Å². The van der Waals surface area contributed by atoms with Crippen LogP contribution in [0.25, 0.3) is 6.08 Å². The second-order valence-corrected chi connectivity index (χ2v) is 9.50. The maximum Gasteiger partial charge on any atom is 0.266 e. The monoisotopic (exact) mass is 579 g/mol. The summed E-state index contributed by atoms with van der Waals surface area (Å²) < 4.78 is 7.36. The second kappa shape index (κ2) is 12.4. The zero-order valence-corrected chi connectivity index (χ0v) is 22.7. The van der Waals surface area contributed by atoms with Crippen molar-refractivity contribution in [3.63, 3.8) is 0 Å². The Balaban J connectivity index is 1.92. The molecular formula is C29H30IN3O2. The first kappa shape index (κ1) is 26.3. The maximum absolute atomic E-state index is 12.9. The van der Waals surface area contributed by atoms with Gasteiger partial charge < -0.3 is 15.0 Å². The predicted octanol–water partition coefficient (Wildman–Crippen LogP) is 6.88. The van der Waals surface area contributed by atoms with Crippen molar-refractivity contribution >= 4 is 45.9 Å². The lowest BCUT2D eigenvalue weighted by Gasteiger charge is -2.22. The Bertz CT molecular complexity index is 1260. The predicted molar refractivity (Wildman–Crippen MR) is 152 cm³/mol. The fourth-order valence-corrected chi connectivity index (χ4v) is 4.10. The van der Waals surface area contributed by atoms with Gasteiger partial charge in [0.05, 0.1) is 0 Å². The summed E-state index contributed by atoms with van der Waals surface area (Å²) in [5.74, 6) is 0.177. The molecule has 0 atom stereocenters. The number of aryl methyl sites for hydroxylation is 2. The van der Waals surface area contributed by atoms with E-state index in [1.807, 2.05) is 74.5 Å². The van der Waals surface area contributed by atoms with Gasteiger partial charge in [0.1, 0.15) is 24.0 Å². The molecule has 0 saturated heterocycles. The van der Waals surface area contributed by atoms with Crippen molar-refractivity contribution < 1.29 is 9.53 Å². The standard InChI is InChI=1S/C29H30IN3O2/c1-5-33(6-2)26-13-10-23(28(17-26)35-19-22-8-11-25(30)12-9-22)16-24(18-31)29(34)32-27-14-7-20(3)15-21(27)4/h7-17H,5-6,19H2,1-4H3,(H,32,34)/b24-16+. The topological polar surface area (TPSA) is 65.4 Å². The van der Waals surface area contributed by atoms with Gasteiger partial charge in [-0.2, -0.15) is 5.26 Å². The largest absolute Gasteiger partial charge is 0.488 e. The van der Waals surface area contributed by atoms with Crippen LogP contribution < -0.4 is 15.0 Å². The molecule has 0 radical (unpaired) electrons. The molecule has 0 aliphatic carbocycles. The molecular weight excluding hydrogens is 549 g/mol. The first-order valence-corrected chi connectivity index (χ1v) is 12.7. The molecule has 0 aromatic heterocycles. The van der Waals surface area contributed by atoms with E-state index in [9.17, 15) is 10.1 Å². The molecule has 0 aliphatic heterocycles. The lowest BCUT2D eigenvalue weighted by molar-refractivity contribution is -0.112. The van der Waals surface area contributed by atoms with Crippen LogP contribution in [0, 0.1) is 28.7 Å². The molecule has 0 unspecified atom stereocenters. The van der Waals surface area contributed by atoms with Crippen molar-refractivity contribution in [3.8, 4) is 11.8 Å². The number of benzene rings is 3. The van der Waals surface area contributed by atoms with E-state index in [0.29, 0.717) is 23.6 Å². The van der Waals surface area contributed by atoms with Crippen LogP contribution in [0.15, 0.2) is 66.2 Å². The molecule has 0 saturated carbocycles. The molecule has 3 aromatic carbocycles. The number of hydrogen-bond acceptors (Lipinski definition) is 4. The number of carbonyl (C=O) groups is 1. The SMILES string of the molecule is CCN(CC)c1ccc(/C=C(\C#N)C(=O)Nc2ccc(C)cc2C)c(OCc2ccc(I)cc2)c1. The van der Waals surface area contributed by atoms with Crippen LogP contribution in [0.3, 0.4) is 0 Å². The van der Waals surface area contributed by atoms with E-state index in [1.54, 1.807) is 6.08 Å². The highest BCUT2D eigenvalue weighted by Gasteiger charge is 2.14. The van der Waals surface area contributed by atoms with Crippen molar-refractivity contribution in [3.05, 3.63) is 92.1 Å². The number of anilines is 2. The van der Waals surface area contributed by atoms with Gasteiger partial charge in [0.2, 0.25) is 0 Å². The maximum atomic E-state index is 12.9. The van der Waals surface area contributed by atoms with Crippen LogP contribution >= 0.6 is 22.6 Å². The van der Waals surface area contributed by atoms with E-state index in [1.165, 1.54) is 0 Å². The number of amides is 1. The number of nitrogens with one attached hydrogen (secondary N) is 1. The number of halogens is 1. The number of hydrogen-bond donors (Lipinski definition) is 1. The third-order valence-electron chi connectivity index (χ3n) is 5.73. The molecule has 0 bridgehead atoms. The average molecular weight is 579 g/mol. The van der Waals surface area contributed by atoms with Crippen LogP contribution in [0.1, 0.15) is 36.1 Å². The van der Waals surface area contributed by atoms with Gasteiger partial charge in [0.15, 0.2) is 0 Å². The molecule has 35 heavy (non-hydrogen) atoms. The van der Waals surface area contributed by atoms with Gasteiger partial charge in [0, 0.05) is 39.7 Å². The first-order chi connectivity index (χ1) is 16.8. The molecule has 0 spiro atoms.